The van der Waals surface area contributed by atoms with Gasteiger partial charge < -0.3 is 10.2 Å². The highest BCUT2D eigenvalue weighted by Crippen LogP contribution is 2.30. The fourth-order valence-corrected chi connectivity index (χ4v) is 2.00. The largest absolute Gasteiger partial charge is 0.361 e. The van der Waals surface area contributed by atoms with Gasteiger partial charge in [0.05, 0.1) is 17.0 Å². The molecule has 1 N–H and O–H groups in total. The third-order valence-corrected chi connectivity index (χ3v) is 2.98. The predicted octanol–water partition coefficient (Wildman–Crippen LogP) is 1.53. The zero-order valence-corrected chi connectivity index (χ0v) is 9.52. The Hall–Kier alpha value is -1.69. The Morgan fingerprint density at radius 2 is 2.29 bits per heavy atom. The van der Waals surface area contributed by atoms with Crippen LogP contribution in [0.25, 0.3) is 0 Å². The van der Waals surface area contributed by atoms with Crippen LogP contribution in [0.5, 0.6) is 0 Å². The summed E-state index contributed by atoms with van der Waals surface area (Å²) in [7, 11) is 0. The molecule has 0 aromatic heterocycles. The Labute approximate surface area is 98.4 Å². The Balaban J connectivity index is 2.38. The first-order valence-corrected chi connectivity index (χ1v) is 5.54. The summed E-state index contributed by atoms with van der Waals surface area (Å²) in [5, 5.41) is 14.0. The van der Waals surface area contributed by atoms with Crippen LogP contribution in [0.15, 0.2) is 18.2 Å². The van der Waals surface area contributed by atoms with Gasteiger partial charge in [-0.3, -0.25) is 10.1 Å². The first-order valence-electron chi connectivity index (χ1n) is 5.54. The molecule has 0 saturated carbocycles. The highest BCUT2D eigenvalue weighted by Gasteiger charge is 2.28. The third-order valence-electron chi connectivity index (χ3n) is 2.98. The second kappa shape index (κ2) is 4.67. The summed E-state index contributed by atoms with van der Waals surface area (Å²) < 4.78 is 13.0. The molecule has 0 unspecified atom stereocenters. The highest BCUT2D eigenvalue weighted by molar-refractivity contribution is 5.64. The second-order valence-corrected chi connectivity index (χ2v) is 3.99. The van der Waals surface area contributed by atoms with Crippen LogP contribution in [0.2, 0.25) is 0 Å². The van der Waals surface area contributed by atoms with Gasteiger partial charge >= 0.3 is 0 Å². The van der Waals surface area contributed by atoms with Crippen LogP contribution in [0, 0.1) is 15.9 Å². The van der Waals surface area contributed by atoms with Gasteiger partial charge in [0, 0.05) is 19.6 Å². The van der Waals surface area contributed by atoms with Crippen LogP contribution in [0.4, 0.5) is 15.8 Å². The van der Waals surface area contributed by atoms with E-state index in [9.17, 15) is 14.5 Å². The van der Waals surface area contributed by atoms with Gasteiger partial charge in [0.1, 0.15) is 11.5 Å². The molecule has 6 heteroatoms. The average molecular weight is 239 g/mol. The quantitative estimate of drug-likeness (QED) is 0.639. The van der Waals surface area contributed by atoms with Gasteiger partial charge in [-0.15, -0.1) is 0 Å². The van der Waals surface area contributed by atoms with Crippen molar-refractivity contribution in [3.05, 3.63) is 34.1 Å². The number of nitrogens with one attached hydrogen (secondary N) is 1. The molecular formula is C11H14FN3O2. The molecule has 0 radical (unpaired) electrons. The van der Waals surface area contributed by atoms with Gasteiger partial charge in [0.2, 0.25) is 0 Å². The molecule has 1 aromatic carbocycles. The van der Waals surface area contributed by atoms with E-state index in [0.717, 1.165) is 19.2 Å². The summed E-state index contributed by atoms with van der Waals surface area (Å²) in [6.45, 7) is 4.22. The molecule has 2 rings (SSSR count). The molecule has 1 aromatic rings. The van der Waals surface area contributed by atoms with E-state index in [1.165, 1.54) is 12.1 Å². The predicted molar refractivity (Wildman–Crippen MR) is 62.7 cm³/mol. The minimum atomic E-state index is -0.580. The normalized spacial score (nSPS) is 15.4. The Morgan fingerprint density at radius 3 is 2.76 bits per heavy atom. The molecule has 92 valence electrons. The van der Waals surface area contributed by atoms with Gasteiger partial charge in [0.25, 0.3) is 5.69 Å². The van der Waals surface area contributed by atoms with Crippen molar-refractivity contribution in [3.63, 3.8) is 0 Å². The number of nitro groups is 1. The lowest BCUT2D eigenvalue weighted by Crippen LogP contribution is -2.57. The van der Waals surface area contributed by atoms with Crippen molar-refractivity contribution in [2.24, 2.45) is 0 Å². The molecule has 0 aliphatic carbocycles. The van der Waals surface area contributed by atoms with Gasteiger partial charge in [-0.1, -0.05) is 0 Å². The zero-order chi connectivity index (χ0) is 12.4. The lowest BCUT2D eigenvalue weighted by Gasteiger charge is -2.38. The van der Waals surface area contributed by atoms with Crippen molar-refractivity contribution in [1.82, 2.24) is 5.32 Å². The van der Waals surface area contributed by atoms with E-state index in [1.54, 1.807) is 0 Å². The summed E-state index contributed by atoms with van der Waals surface area (Å²) >= 11 is 0. The molecular weight excluding hydrogens is 225 g/mol. The number of hydrogen-bond donors (Lipinski definition) is 1. The summed E-state index contributed by atoms with van der Waals surface area (Å²) in [4.78, 5) is 12.3. The van der Waals surface area contributed by atoms with E-state index in [0.29, 0.717) is 12.2 Å². The van der Waals surface area contributed by atoms with Crippen LogP contribution in [-0.4, -0.2) is 30.6 Å². The first-order chi connectivity index (χ1) is 8.13. The van der Waals surface area contributed by atoms with E-state index in [-0.39, 0.29) is 11.7 Å². The van der Waals surface area contributed by atoms with Gasteiger partial charge in [0.15, 0.2) is 0 Å². The number of hydrogen-bond acceptors (Lipinski definition) is 4. The number of nitro benzene ring substituents is 1. The Kier molecular flexibility index (Phi) is 3.23. The lowest BCUT2D eigenvalue weighted by atomic mass is 10.1. The summed E-state index contributed by atoms with van der Waals surface area (Å²) in [6, 6.07) is 3.97. The van der Waals surface area contributed by atoms with E-state index >= 15 is 0 Å². The number of anilines is 1. The average Bonchev–Trinajstić information content (AvgIpc) is 2.23. The maximum Gasteiger partial charge on any atom is 0.295 e. The molecule has 1 heterocycles. The summed E-state index contributed by atoms with van der Waals surface area (Å²) in [5.41, 5.74) is 0.323. The molecule has 17 heavy (non-hydrogen) atoms. The maximum absolute atomic E-state index is 13.0. The number of likely N-dealkylation sites (N-methyl/N-ethyl adjacent to an activating group) is 1. The Morgan fingerprint density at radius 1 is 1.59 bits per heavy atom. The van der Waals surface area contributed by atoms with E-state index in [1.807, 2.05) is 11.8 Å². The summed E-state index contributed by atoms with van der Waals surface area (Å²) in [6.07, 6.45) is 0. The fraction of sp³-hybridized carbons (Fsp3) is 0.455. The molecule has 0 atom stereocenters. The van der Waals surface area contributed by atoms with E-state index in [2.05, 4.69) is 5.32 Å². The van der Waals surface area contributed by atoms with Crippen molar-refractivity contribution in [1.29, 1.82) is 0 Å². The third kappa shape index (κ3) is 2.21. The van der Waals surface area contributed by atoms with Crippen molar-refractivity contribution in [2.75, 3.05) is 24.5 Å². The number of halogens is 1. The molecule has 1 fully saturated rings. The topological polar surface area (TPSA) is 58.4 Å². The van der Waals surface area contributed by atoms with Crippen molar-refractivity contribution in [3.8, 4) is 0 Å². The molecule has 0 spiro atoms. The molecule has 0 bridgehead atoms. The van der Waals surface area contributed by atoms with Gasteiger partial charge in [-0.2, -0.15) is 0 Å². The summed E-state index contributed by atoms with van der Waals surface area (Å²) in [5.74, 6) is -0.580. The zero-order valence-electron chi connectivity index (χ0n) is 9.52. The van der Waals surface area contributed by atoms with Gasteiger partial charge in [-0.05, 0) is 19.1 Å². The molecule has 1 saturated heterocycles. The molecule has 1 aliphatic heterocycles. The highest BCUT2D eigenvalue weighted by atomic mass is 19.1. The SMILES string of the molecule is CCN(c1ccc(F)cc1[N+](=O)[O-])C1CNC1. The van der Waals surface area contributed by atoms with Crippen LogP contribution >= 0.6 is 0 Å². The minimum Gasteiger partial charge on any atom is -0.361 e. The minimum absolute atomic E-state index is 0.168. The smallest absolute Gasteiger partial charge is 0.295 e. The standard InChI is InChI=1S/C11H14FN3O2/c1-2-14(9-6-13-7-9)10-4-3-8(12)5-11(10)15(16)17/h3-5,9,13H,2,6-7H2,1H3. The molecule has 5 nitrogen and oxygen atoms in total. The lowest BCUT2D eigenvalue weighted by molar-refractivity contribution is -0.384. The van der Waals surface area contributed by atoms with Crippen molar-refractivity contribution in [2.45, 2.75) is 13.0 Å². The fourth-order valence-electron chi connectivity index (χ4n) is 2.00. The van der Waals surface area contributed by atoms with Crippen LogP contribution in [0.3, 0.4) is 0 Å². The van der Waals surface area contributed by atoms with Crippen LogP contribution in [0.1, 0.15) is 6.92 Å². The number of rotatable bonds is 4. The number of nitrogens with zero attached hydrogens (tertiary/aromatic N) is 2. The molecule has 0 amide bonds. The van der Waals surface area contributed by atoms with Crippen molar-refractivity contribution < 1.29 is 9.31 Å². The van der Waals surface area contributed by atoms with Crippen LogP contribution < -0.4 is 10.2 Å². The monoisotopic (exact) mass is 239 g/mol. The maximum atomic E-state index is 13.0. The van der Waals surface area contributed by atoms with Crippen molar-refractivity contribution >= 4 is 11.4 Å². The second-order valence-electron chi connectivity index (χ2n) is 3.99. The van der Waals surface area contributed by atoms with Gasteiger partial charge in [-0.25, -0.2) is 4.39 Å². The van der Waals surface area contributed by atoms with Crippen LogP contribution in [-0.2, 0) is 0 Å². The number of benzene rings is 1. The Bertz CT molecular complexity index is 435. The first kappa shape index (κ1) is 11.8. The molecule has 1 aliphatic rings. The van der Waals surface area contributed by atoms with E-state index in [4.69, 9.17) is 0 Å². The van der Waals surface area contributed by atoms with E-state index < -0.39 is 10.7 Å².